The van der Waals surface area contributed by atoms with Crippen molar-refractivity contribution in [1.29, 1.82) is 0 Å². The van der Waals surface area contributed by atoms with Gasteiger partial charge in [-0.25, -0.2) is 4.99 Å². The van der Waals surface area contributed by atoms with Crippen molar-refractivity contribution in [3.63, 3.8) is 0 Å². The lowest BCUT2D eigenvalue weighted by Crippen LogP contribution is -2.47. The lowest BCUT2D eigenvalue weighted by Gasteiger charge is -2.33. The Bertz CT molecular complexity index is 1100. The Kier molecular flexibility index (Phi) is 5.82. The Morgan fingerprint density at radius 1 is 1.13 bits per heavy atom. The smallest absolute Gasteiger partial charge is 0.271 e. The molecule has 160 valence electrons. The number of nitrogens with one attached hydrogen (secondary N) is 1. The third-order valence-electron chi connectivity index (χ3n) is 5.16. The monoisotopic (exact) mass is 436 g/mol. The van der Waals surface area contributed by atoms with Crippen LogP contribution in [0.2, 0.25) is 0 Å². The molecule has 0 aliphatic carbocycles. The van der Waals surface area contributed by atoms with Gasteiger partial charge >= 0.3 is 0 Å². The zero-order valence-corrected chi connectivity index (χ0v) is 18.6. The number of thioether (sulfide) groups is 1. The van der Waals surface area contributed by atoms with Gasteiger partial charge in [-0.05, 0) is 37.1 Å². The van der Waals surface area contributed by atoms with Crippen molar-refractivity contribution < 1.29 is 14.3 Å². The number of amides is 2. The molecule has 7 nitrogen and oxygen atoms in total. The maximum atomic E-state index is 12.9. The number of aliphatic imine (C=N–C) groups is 2. The molecule has 2 aliphatic heterocycles. The second kappa shape index (κ2) is 8.55. The maximum Gasteiger partial charge on any atom is 0.271 e. The van der Waals surface area contributed by atoms with Crippen LogP contribution in [0.15, 0.2) is 58.5 Å². The van der Waals surface area contributed by atoms with Crippen LogP contribution >= 0.6 is 11.8 Å². The van der Waals surface area contributed by atoms with Gasteiger partial charge in [0.15, 0.2) is 5.17 Å². The number of carbonyl (C=O) groups excluding carboxylic acids is 2. The maximum absolute atomic E-state index is 12.9. The standard InChI is InChI=1S/C23H24N4O3S/c1-13(2)19-22(29)26-20-17-10-5-6-11-18(17)25-23(27(19)20)31-14(3)21(28)24-15-8-7-9-16(12-15)30-4/h5-14,19H,1-4H3,(H,24,28). The fraction of sp³-hybridized carbons (Fsp3) is 0.304. The highest BCUT2D eigenvalue weighted by Gasteiger charge is 2.43. The first-order valence-corrected chi connectivity index (χ1v) is 11.0. The number of amidine groups is 2. The highest BCUT2D eigenvalue weighted by Crippen LogP contribution is 2.37. The van der Waals surface area contributed by atoms with E-state index in [1.54, 1.807) is 13.2 Å². The van der Waals surface area contributed by atoms with Gasteiger partial charge in [0.05, 0.1) is 18.0 Å². The highest BCUT2D eigenvalue weighted by molar-refractivity contribution is 8.14. The van der Waals surface area contributed by atoms with E-state index in [0.29, 0.717) is 22.4 Å². The van der Waals surface area contributed by atoms with Crippen LogP contribution in [0.5, 0.6) is 5.75 Å². The molecule has 2 atom stereocenters. The second-order valence-electron chi connectivity index (χ2n) is 7.73. The van der Waals surface area contributed by atoms with Gasteiger partial charge in [0, 0.05) is 17.3 Å². The molecular weight excluding hydrogens is 412 g/mol. The van der Waals surface area contributed by atoms with E-state index in [1.165, 1.54) is 11.8 Å². The van der Waals surface area contributed by atoms with E-state index in [2.05, 4.69) is 10.3 Å². The fourth-order valence-corrected chi connectivity index (χ4v) is 4.55. The van der Waals surface area contributed by atoms with Crippen molar-refractivity contribution in [2.24, 2.45) is 15.9 Å². The first kappa shape index (κ1) is 21.1. The summed E-state index contributed by atoms with van der Waals surface area (Å²) in [4.78, 5) is 36.5. The minimum Gasteiger partial charge on any atom is -0.497 e. The van der Waals surface area contributed by atoms with E-state index in [4.69, 9.17) is 9.73 Å². The predicted octanol–water partition coefficient (Wildman–Crippen LogP) is 4.07. The Balaban J connectivity index is 1.60. The summed E-state index contributed by atoms with van der Waals surface area (Å²) in [6.45, 7) is 5.80. The van der Waals surface area contributed by atoms with Gasteiger partial charge in [0.1, 0.15) is 17.6 Å². The molecule has 0 radical (unpaired) electrons. The number of benzene rings is 2. The Morgan fingerprint density at radius 2 is 1.90 bits per heavy atom. The van der Waals surface area contributed by atoms with Crippen molar-refractivity contribution in [3.8, 4) is 5.75 Å². The number of anilines is 1. The van der Waals surface area contributed by atoms with Gasteiger partial charge in [-0.2, -0.15) is 4.99 Å². The average molecular weight is 437 g/mol. The van der Waals surface area contributed by atoms with Gasteiger partial charge < -0.3 is 10.1 Å². The van der Waals surface area contributed by atoms with Crippen molar-refractivity contribution >= 4 is 46.0 Å². The van der Waals surface area contributed by atoms with Crippen molar-refractivity contribution in [2.75, 3.05) is 12.4 Å². The third-order valence-corrected chi connectivity index (χ3v) is 6.23. The van der Waals surface area contributed by atoms with Crippen LogP contribution in [0, 0.1) is 5.92 Å². The van der Waals surface area contributed by atoms with E-state index < -0.39 is 11.3 Å². The van der Waals surface area contributed by atoms with Crippen LogP contribution in [0.3, 0.4) is 0 Å². The number of hydrogen-bond acceptors (Lipinski definition) is 6. The first-order chi connectivity index (χ1) is 14.9. The van der Waals surface area contributed by atoms with Crippen LogP contribution in [-0.4, -0.2) is 46.1 Å². The van der Waals surface area contributed by atoms with Gasteiger partial charge in [-0.1, -0.05) is 43.8 Å². The Hall–Kier alpha value is -3.13. The van der Waals surface area contributed by atoms with Gasteiger partial charge in [0.2, 0.25) is 5.91 Å². The van der Waals surface area contributed by atoms with E-state index in [-0.39, 0.29) is 17.7 Å². The van der Waals surface area contributed by atoms with E-state index in [9.17, 15) is 9.59 Å². The summed E-state index contributed by atoms with van der Waals surface area (Å²) in [6.07, 6.45) is 0. The first-order valence-electron chi connectivity index (χ1n) is 10.1. The molecule has 2 amide bonds. The summed E-state index contributed by atoms with van der Waals surface area (Å²) in [6, 6.07) is 14.4. The van der Waals surface area contributed by atoms with Crippen molar-refractivity contribution in [3.05, 3.63) is 54.1 Å². The molecule has 2 aromatic rings. The van der Waals surface area contributed by atoms with Crippen molar-refractivity contribution in [1.82, 2.24) is 4.90 Å². The van der Waals surface area contributed by atoms with Crippen molar-refractivity contribution in [2.45, 2.75) is 32.1 Å². The molecule has 31 heavy (non-hydrogen) atoms. The number of carbonyl (C=O) groups is 2. The molecule has 2 aromatic carbocycles. The number of ether oxygens (including phenoxy) is 1. The Morgan fingerprint density at radius 3 is 2.65 bits per heavy atom. The summed E-state index contributed by atoms with van der Waals surface area (Å²) < 4.78 is 5.22. The summed E-state index contributed by atoms with van der Waals surface area (Å²) >= 11 is 1.32. The van der Waals surface area contributed by atoms with Crippen LogP contribution in [0.4, 0.5) is 11.4 Å². The third kappa shape index (κ3) is 4.07. The molecule has 0 spiro atoms. The van der Waals surface area contributed by atoms with Crippen LogP contribution < -0.4 is 10.1 Å². The highest BCUT2D eigenvalue weighted by atomic mass is 32.2. The van der Waals surface area contributed by atoms with Gasteiger partial charge in [-0.3, -0.25) is 14.5 Å². The minimum atomic E-state index is -0.444. The topological polar surface area (TPSA) is 83.4 Å². The quantitative estimate of drug-likeness (QED) is 0.764. The number of hydrogen-bond donors (Lipinski definition) is 1. The van der Waals surface area contributed by atoms with E-state index in [0.717, 1.165) is 11.3 Å². The van der Waals surface area contributed by atoms with E-state index >= 15 is 0 Å². The molecule has 0 aromatic heterocycles. The fourth-order valence-electron chi connectivity index (χ4n) is 3.61. The number of para-hydroxylation sites is 1. The average Bonchev–Trinajstić information content (AvgIpc) is 3.11. The van der Waals surface area contributed by atoms with Gasteiger partial charge in [0.25, 0.3) is 5.91 Å². The molecule has 0 bridgehead atoms. The lowest BCUT2D eigenvalue weighted by molar-refractivity contribution is -0.120. The normalized spacial score (nSPS) is 18.2. The molecule has 1 N–H and O–H groups in total. The zero-order chi connectivity index (χ0) is 22.1. The van der Waals surface area contributed by atoms with Crippen LogP contribution in [0.25, 0.3) is 0 Å². The summed E-state index contributed by atoms with van der Waals surface area (Å²) in [5, 5.41) is 3.08. The second-order valence-corrected chi connectivity index (χ2v) is 9.03. The SMILES string of the molecule is COc1cccc(NC(=O)C(C)SC2=Nc3ccccc3C3=NC(=O)C(C(C)C)N23)c1. The summed E-state index contributed by atoms with van der Waals surface area (Å²) in [5.74, 6) is 0.985. The lowest BCUT2D eigenvalue weighted by atomic mass is 10.0. The predicted molar refractivity (Wildman–Crippen MR) is 124 cm³/mol. The molecule has 2 unspecified atom stereocenters. The molecule has 0 saturated carbocycles. The number of methoxy groups -OCH3 is 1. The zero-order valence-electron chi connectivity index (χ0n) is 17.8. The molecule has 2 heterocycles. The number of fused-ring (bicyclic) bond motifs is 3. The van der Waals surface area contributed by atoms with E-state index in [1.807, 2.05) is 68.1 Å². The molecule has 4 rings (SSSR count). The summed E-state index contributed by atoms with van der Waals surface area (Å²) in [5.41, 5.74) is 2.24. The summed E-state index contributed by atoms with van der Waals surface area (Å²) in [7, 11) is 1.58. The number of rotatable bonds is 5. The molecular formula is C23H24N4O3S. The minimum absolute atomic E-state index is 0.0470. The Labute approximate surface area is 185 Å². The molecule has 0 fully saturated rings. The largest absolute Gasteiger partial charge is 0.497 e. The van der Waals surface area contributed by atoms with Crippen LogP contribution in [0.1, 0.15) is 26.3 Å². The molecule has 0 saturated heterocycles. The van der Waals surface area contributed by atoms with Gasteiger partial charge in [-0.15, -0.1) is 0 Å². The molecule has 2 aliphatic rings. The number of nitrogens with zero attached hydrogens (tertiary/aromatic N) is 3. The van der Waals surface area contributed by atoms with Crippen LogP contribution in [-0.2, 0) is 9.59 Å². The molecule has 8 heteroatoms.